The summed E-state index contributed by atoms with van der Waals surface area (Å²) in [5.41, 5.74) is 0.263. The first-order valence-corrected chi connectivity index (χ1v) is 16.1. The molecule has 2 aliphatic rings. The van der Waals surface area contributed by atoms with Gasteiger partial charge in [-0.1, -0.05) is 41.4 Å². The van der Waals surface area contributed by atoms with E-state index in [9.17, 15) is 28.4 Å². The van der Waals surface area contributed by atoms with Crippen LogP contribution < -0.4 is 10.2 Å². The Kier molecular flexibility index (Phi) is 7.82. The first-order chi connectivity index (χ1) is 21.4. The predicted octanol–water partition coefficient (Wildman–Crippen LogP) is 5.20. The summed E-state index contributed by atoms with van der Waals surface area (Å²) in [7, 11) is -4.39. The number of amides is 2. The van der Waals surface area contributed by atoms with E-state index in [-0.39, 0.29) is 46.2 Å². The summed E-state index contributed by atoms with van der Waals surface area (Å²) in [6.07, 6.45) is 1.97. The van der Waals surface area contributed by atoms with Crippen LogP contribution >= 0.6 is 23.2 Å². The summed E-state index contributed by atoms with van der Waals surface area (Å²) in [6, 6.07) is 18.3. The minimum Gasteiger partial charge on any atom is -0.508 e. The van der Waals surface area contributed by atoms with Crippen molar-refractivity contribution in [1.29, 1.82) is 5.26 Å². The lowest BCUT2D eigenvalue weighted by atomic mass is 9.91. The van der Waals surface area contributed by atoms with E-state index in [1.54, 1.807) is 43.3 Å². The molecule has 0 saturated carbocycles. The number of phenolic OH excluding ortho intramolecular Hbond substituents is 1. The first-order valence-electron chi connectivity index (χ1n) is 13.9. The minimum absolute atomic E-state index is 0.0460. The van der Waals surface area contributed by atoms with E-state index < -0.39 is 33.4 Å². The summed E-state index contributed by atoms with van der Waals surface area (Å²) in [4.78, 5) is 33.4. The third-order valence-corrected chi connectivity index (χ3v) is 10.3. The monoisotopic (exact) mass is 664 g/mol. The van der Waals surface area contributed by atoms with Crippen LogP contribution in [0.4, 0.5) is 17.3 Å². The molecule has 230 valence electrons. The van der Waals surface area contributed by atoms with Gasteiger partial charge in [0.25, 0.3) is 15.9 Å². The summed E-state index contributed by atoms with van der Waals surface area (Å²) >= 11 is 12.6. The van der Waals surface area contributed by atoms with Crippen molar-refractivity contribution in [3.8, 4) is 11.8 Å². The number of fused-ring (bicyclic) bond motifs is 1. The fourth-order valence-corrected chi connectivity index (χ4v) is 8.29. The van der Waals surface area contributed by atoms with Gasteiger partial charge in [0.15, 0.2) is 5.03 Å². The second-order valence-corrected chi connectivity index (χ2v) is 13.8. The molecule has 14 heteroatoms. The van der Waals surface area contributed by atoms with Gasteiger partial charge in [-0.05, 0) is 67.8 Å². The second-order valence-electron chi connectivity index (χ2n) is 11.1. The zero-order valence-corrected chi connectivity index (χ0v) is 26.1. The number of carbonyl (C=O) groups is 2. The lowest BCUT2D eigenvalue weighted by molar-refractivity contribution is -0.124. The highest BCUT2D eigenvalue weighted by atomic mass is 35.5. The van der Waals surface area contributed by atoms with Gasteiger partial charge in [0, 0.05) is 34.8 Å². The number of phenols is 1. The zero-order chi connectivity index (χ0) is 32.1. The highest BCUT2D eigenvalue weighted by molar-refractivity contribution is 7.89. The van der Waals surface area contributed by atoms with Crippen molar-refractivity contribution < 1.29 is 23.1 Å². The molecule has 2 N–H and O–H groups in total. The fraction of sp³-hybridized carbons (Fsp3) is 0.226. The number of rotatable bonds is 7. The number of hydrogen-bond donors (Lipinski definition) is 2. The Morgan fingerprint density at radius 2 is 1.84 bits per heavy atom. The Bertz CT molecular complexity index is 1970. The van der Waals surface area contributed by atoms with Gasteiger partial charge < -0.3 is 10.4 Å². The standard InChI is InChI=1S/C31H26Cl2N6O5S/c1-31(16-19-7-9-20(17-34)10-8-19)29(42)38(24-13-21(32)12-22(33)14-24)30-35-18-27(39(30)31)45(43,44)37-11-3-6-26(37)28(41)36-23-4-2-5-25(40)15-23/h2,4-5,7-10,12-15,18,26,40H,3,6,11,16H2,1H3,(H,36,41)/t26-,31+/m0/s1. The van der Waals surface area contributed by atoms with Gasteiger partial charge in [0.1, 0.15) is 17.3 Å². The number of hydrogen-bond acceptors (Lipinski definition) is 7. The van der Waals surface area contributed by atoms with Gasteiger partial charge in [0.2, 0.25) is 11.9 Å². The van der Waals surface area contributed by atoms with Gasteiger partial charge >= 0.3 is 0 Å². The summed E-state index contributed by atoms with van der Waals surface area (Å²) in [5.74, 6) is -1.01. The molecule has 1 fully saturated rings. The number of imidazole rings is 1. The molecule has 0 radical (unpaired) electrons. The van der Waals surface area contributed by atoms with E-state index in [4.69, 9.17) is 23.2 Å². The van der Waals surface area contributed by atoms with E-state index in [2.05, 4.69) is 16.4 Å². The molecule has 2 atom stereocenters. The number of nitrogens with zero attached hydrogens (tertiary/aromatic N) is 5. The van der Waals surface area contributed by atoms with Crippen molar-refractivity contribution >= 4 is 62.4 Å². The van der Waals surface area contributed by atoms with Crippen molar-refractivity contribution in [2.75, 3.05) is 16.8 Å². The SMILES string of the molecule is C[C@@]1(Cc2ccc(C#N)cc2)C(=O)N(c2cc(Cl)cc(Cl)c2)c2ncc(S(=O)(=O)N3CCC[C@H]3C(=O)Nc3cccc(O)c3)n21. The van der Waals surface area contributed by atoms with Crippen LogP contribution in [0.2, 0.25) is 10.0 Å². The maximum absolute atomic E-state index is 14.4. The van der Waals surface area contributed by atoms with E-state index in [0.29, 0.717) is 28.9 Å². The molecule has 0 bridgehead atoms. The third kappa shape index (κ3) is 5.42. The number of sulfonamides is 1. The van der Waals surface area contributed by atoms with Crippen LogP contribution in [0.1, 0.15) is 30.9 Å². The third-order valence-electron chi connectivity index (χ3n) is 8.00. The number of nitriles is 1. The number of halogens is 2. The lowest BCUT2D eigenvalue weighted by Crippen LogP contribution is -2.46. The summed E-state index contributed by atoms with van der Waals surface area (Å²) in [5, 5.41) is 22.0. The Morgan fingerprint density at radius 1 is 1.13 bits per heavy atom. The molecule has 1 aromatic heterocycles. The molecule has 6 rings (SSSR count). The molecule has 0 spiro atoms. The van der Waals surface area contributed by atoms with Gasteiger partial charge in [-0.3, -0.25) is 14.2 Å². The molecule has 4 aromatic rings. The lowest BCUT2D eigenvalue weighted by Gasteiger charge is -2.29. The van der Waals surface area contributed by atoms with Crippen molar-refractivity contribution in [3.63, 3.8) is 0 Å². The number of benzene rings is 3. The van der Waals surface area contributed by atoms with Gasteiger partial charge in [-0.15, -0.1) is 0 Å². The van der Waals surface area contributed by atoms with Crippen molar-refractivity contribution in [2.24, 2.45) is 0 Å². The van der Waals surface area contributed by atoms with Crippen LogP contribution in [0, 0.1) is 11.3 Å². The Morgan fingerprint density at radius 3 is 2.51 bits per heavy atom. The molecular formula is C31H26Cl2N6O5S. The van der Waals surface area contributed by atoms with Gasteiger partial charge in [-0.2, -0.15) is 9.57 Å². The molecular weight excluding hydrogens is 639 g/mol. The smallest absolute Gasteiger partial charge is 0.261 e. The number of anilines is 3. The maximum Gasteiger partial charge on any atom is 0.261 e. The van der Waals surface area contributed by atoms with Gasteiger partial charge in [-0.25, -0.2) is 18.3 Å². The average molecular weight is 666 g/mol. The van der Waals surface area contributed by atoms with Crippen LogP contribution in [-0.2, 0) is 31.6 Å². The Balaban J connectivity index is 1.43. The first kappa shape index (κ1) is 30.6. The number of carbonyl (C=O) groups excluding carboxylic acids is 2. The average Bonchev–Trinajstić information content (AvgIpc) is 3.70. The molecule has 3 heterocycles. The number of nitrogens with one attached hydrogen (secondary N) is 1. The molecule has 0 aliphatic carbocycles. The van der Waals surface area contributed by atoms with Crippen LogP contribution in [0.5, 0.6) is 5.75 Å². The molecule has 2 amide bonds. The molecule has 1 saturated heterocycles. The number of aromatic hydroxyl groups is 1. The van der Waals surface area contributed by atoms with Crippen LogP contribution in [-0.4, -0.2) is 51.8 Å². The highest BCUT2D eigenvalue weighted by Gasteiger charge is 2.53. The minimum atomic E-state index is -4.39. The van der Waals surface area contributed by atoms with E-state index >= 15 is 0 Å². The van der Waals surface area contributed by atoms with Crippen LogP contribution in [0.15, 0.2) is 78.0 Å². The van der Waals surface area contributed by atoms with E-state index in [1.165, 1.54) is 46.0 Å². The zero-order valence-electron chi connectivity index (χ0n) is 23.8. The van der Waals surface area contributed by atoms with E-state index in [0.717, 1.165) is 4.31 Å². The fourth-order valence-electron chi connectivity index (χ4n) is 5.93. The van der Waals surface area contributed by atoms with Crippen molar-refractivity contribution in [2.45, 2.75) is 42.8 Å². The van der Waals surface area contributed by atoms with Crippen LogP contribution in [0.3, 0.4) is 0 Å². The highest BCUT2D eigenvalue weighted by Crippen LogP contribution is 2.45. The largest absolute Gasteiger partial charge is 0.508 e. The second kappa shape index (κ2) is 11.5. The maximum atomic E-state index is 14.4. The Hall–Kier alpha value is -4.41. The normalized spacial score (nSPS) is 19.8. The molecule has 2 aliphatic heterocycles. The predicted molar refractivity (Wildman–Crippen MR) is 168 cm³/mol. The molecule has 45 heavy (non-hydrogen) atoms. The van der Waals surface area contributed by atoms with Gasteiger partial charge in [0.05, 0.1) is 23.5 Å². The molecule has 0 unspecified atom stereocenters. The van der Waals surface area contributed by atoms with Crippen LogP contribution in [0.25, 0.3) is 0 Å². The van der Waals surface area contributed by atoms with E-state index in [1.807, 2.05) is 0 Å². The quantitative estimate of drug-likeness (QED) is 0.276. The summed E-state index contributed by atoms with van der Waals surface area (Å²) < 4.78 is 31.3. The molecule has 3 aromatic carbocycles. The summed E-state index contributed by atoms with van der Waals surface area (Å²) in [6.45, 7) is 1.70. The number of aromatic nitrogens is 2. The Labute approximate surface area is 269 Å². The molecule has 11 nitrogen and oxygen atoms in total. The topological polar surface area (TPSA) is 149 Å². The van der Waals surface area contributed by atoms with Crippen molar-refractivity contribution in [3.05, 3.63) is 94.1 Å². The van der Waals surface area contributed by atoms with Crippen molar-refractivity contribution in [1.82, 2.24) is 13.9 Å².